The highest BCUT2D eigenvalue weighted by atomic mass is 35.5. The second kappa shape index (κ2) is 7.64. The molecule has 7 heteroatoms. The zero-order valence-corrected chi connectivity index (χ0v) is 15.6. The normalized spacial score (nSPS) is 13.8. The predicted molar refractivity (Wildman–Crippen MR) is 100 cm³/mol. The Labute approximate surface area is 153 Å². The number of halogens is 1. The van der Waals surface area contributed by atoms with E-state index in [9.17, 15) is 8.42 Å². The molecule has 3 rings (SSSR count). The van der Waals surface area contributed by atoms with E-state index in [0.29, 0.717) is 11.6 Å². The lowest BCUT2D eigenvalue weighted by molar-refractivity contribution is 0.402. The van der Waals surface area contributed by atoms with Crippen molar-refractivity contribution in [3.05, 3.63) is 53.1 Å². The summed E-state index contributed by atoms with van der Waals surface area (Å²) < 4.78 is 32.7. The van der Waals surface area contributed by atoms with Crippen molar-refractivity contribution in [3.63, 3.8) is 0 Å². The fourth-order valence-electron chi connectivity index (χ4n) is 3.05. The number of nitrogens with zero attached hydrogens (tertiary/aromatic N) is 1. The second-order valence-electron chi connectivity index (χ2n) is 5.91. The zero-order valence-electron chi connectivity index (χ0n) is 14.0. The maximum absolute atomic E-state index is 12.5. The Bertz CT molecular complexity index is 855. The molecular weight excluding hydrogens is 360 g/mol. The highest BCUT2D eigenvalue weighted by molar-refractivity contribution is 7.89. The molecule has 0 radical (unpaired) electrons. The van der Waals surface area contributed by atoms with E-state index >= 15 is 0 Å². The molecule has 0 atom stereocenters. The molecule has 0 aliphatic carbocycles. The molecule has 2 aromatic carbocycles. The molecule has 0 unspecified atom stereocenters. The van der Waals surface area contributed by atoms with E-state index < -0.39 is 10.0 Å². The van der Waals surface area contributed by atoms with E-state index in [1.54, 1.807) is 12.1 Å². The van der Waals surface area contributed by atoms with Crippen molar-refractivity contribution >= 4 is 27.3 Å². The second-order valence-corrected chi connectivity index (χ2v) is 8.08. The van der Waals surface area contributed by atoms with Crippen LogP contribution in [0, 0.1) is 0 Å². The first-order valence-electron chi connectivity index (χ1n) is 8.17. The largest absolute Gasteiger partial charge is 0.495 e. The van der Waals surface area contributed by atoms with Crippen molar-refractivity contribution < 1.29 is 13.2 Å². The number of sulfonamides is 1. The lowest BCUT2D eigenvalue weighted by atomic mass is 10.2. The summed E-state index contributed by atoms with van der Waals surface area (Å²) in [4.78, 5) is 2.36. The summed E-state index contributed by atoms with van der Waals surface area (Å²) in [5.74, 6) is 0.283. The van der Waals surface area contributed by atoms with E-state index in [4.69, 9.17) is 16.3 Å². The van der Waals surface area contributed by atoms with Crippen molar-refractivity contribution in [3.8, 4) is 5.75 Å². The first kappa shape index (κ1) is 18.0. The monoisotopic (exact) mass is 380 g/mol. The van der Waals surface area contributed by atoms with Crippen LogP contribution in [0.25, 0.3) is 0 Å². The number of anilines is 1. The molecule has 25 heavy (non-hydrogen) atoms. The summed E-state index contributed by atoms with van der Waals surface area (Å²) in [6, 6.07) is 12.9. The van der Waals surface area contributed by atoms with Crippen LogP contribution in [0.15, 0.2) is 47.4 Å². The summed E-state index contributed by atoms with van der Waals surface area (Å²) in [6.07, 6.45) is 1.76. The van der Waals surface area contributed by atoms with Crippen LogP contribution in [-0.2, 0) is 16.4 Å². The van der Waals surface area contributed by atoms with Gasteiger partial charge in [-0.3, -0.25) is 0 Å². The van der Waals surface area contributed by atoms with Crippen molar-refractivity contribution in [2.45, 2.75) is 17.7 Å². The number of rotatable bonds is 7. The van der Waals surface area contributed by atoms with Crippen molar-refractivity contribution in [2.75, 3.05) is 31.6 Å². The van der Waals surface area contributed by atoms with Crippen LogP contribution < -0.4 is 14.4 Å². The third kappa shape index (κ3) is 4.08. The molecule has 0 amide bonds. The van der Waals surface area contributed by atoms with Gasteiger partial charge in [-0.15, -0.1) is 0 Å². The Kier molecular flexibility index (Phi) is 5.51. The highest BCUT2D eigenvalue weighted by Crippen LogP contribution is 2.28. The van der Waals surface area contributed by atoms with Gasteiger partial charge >= 0.3 is 0 Å². The van der Waals surface area contributed by atoms with Gasteiger partial charge in [0.15, 0.2) is 0 Å². The van der Waals surface area contributed by atoms with Gasteiger partial charge in [0, 0.05) is 30.3 Å². The van der Waals surface area contributed by atoms with Crippen molar-refractivity contribution in [1.29, 1.82) is 0 Å². The molecule has 0 saturated heterocycles. The summed E-state index contributed by atoms with van der Waals surface area (Å²) in [7, 11) is -2.22. The maximum Gasteiger partial charge on any atom is 0.244 e. The topological polar surface area (TPSA) is 58.6 Å². The molecule has 1 N–H and O–H groups in total. The summed E-state index contributed by atoms with van der Waals surface area (Å²) in [5.41, 5.74) is 2.61. The third-order valence-electron chi connectivity index (χ3n) is 4.30. The van der Waals surface area contributed by atoms with Gasteiger partial charge in [0.25, 0.3) is 0 Å². The summed E-state index contributed by atoms with van der Waals surface area (Å²) in [5, 5.41) is 0.356. The maximum atomic E-state index is 12.5. The van der Waals surface area contributed by atoms with Gasteiger partial charge in [-0.1, -0.05) is 29.8 Å². The standard InChI is InChI=1S/C18H21ClN2O3S/c1-24-17-8-7-15(19)13-18(17)25(22,23)20-10-4-11-21-12-9-14-5-2-3-6-16(14)21/h2-3,5-8,13,20H,4,9-12H2,1H3. The van der Waals surface area contributed by atoms with E-state index in [1.165, 1.54) is 24.4 Å². The smallest absolute Gasteiger partial charge is 0.244 e. The summed E-state index contributed by atoms with van der Waals surface area (Å²) >= 11 is 5.92. The number of hydrogen-bond acceptors (Lipinski definition) is 4. The van der Waals surface area contributed by atoms with Gasteiger partial charge in [-0.2, -0.15) is 0 Å². The lowest BCUT2D eigenvalue weighted by Gasteiger charge is -2.19. The fraction of sp³-hybridized carbons (Fsp3) is 0.333. The molecule has 1 heterocycles. The minimum atomic E-state index is -3.66. The molecule has 2 aromatic rings. The predicted octanol–water partition coefficient (Wildman–Crippen LogP) is 3.08. The van der Waals surface area contributed by atoms with Crippen molar-refractivity contribution in [2.24, 2.45) is 0 Å². The van der Waals surface area contributed by atoms with Crippen LogP contribution in [0.2, 0.25) is 5.02 Å². The minimum absolute atomic E-state index is 0.0639. The number of nitrogens with one attached hydrogen (secondary N) is 1. The Morgan fingerprint density at radius 1 is 1.24 bits per heavy atom. The first-order valence-corrected chi connectivity index (χ1v) is 10.0. The molecule has 134 valence electrons. The van der Waals surface area contributed by atoms with Gasteiger partial charge in [0.2, 0.25) is 10.0 Å². The molecule has 0 fully saturated rings. The van der Waals surface area contributed by atoms with E-state index in [1.807, 2.05) is 6.07 Å². The number of para-hydroxylation sites is 1. The molecule has 0 saturated carbocycles. The minimum Gasteiger partial charge on any atom is -0.495 e. The Morgan fingerprint density at radius 2 is 2.04 bits per heavy atom. The Morgan fingerprint density at radius 3 is 2.84 bits per heavy atom. The van der Waals surface area contributed by atoms with Crippen LogP contribution in [-0.4, -0.2) is 35.2 Å². The number of hydrogen-bond donors (Lipinski definition) is 1. The quantitative estimate of drug-likeness (QED) is 0.750. The van der Waals surface area contributed by atoms with Crippen LogP contribution in [0.3, 0.4) is 0 Å². The Hall–Kier alpha value is -1.76. The third-order valence-corrected chi connectivity index (χ3v) is 6.01. The molecule has 5 nitrogen and oxygen atoms in total. The lowest BCUT2D eigenvalue weighted by Crippen LogP contribution is -2.29. The number of methoxy groups -OCH3 is 1. The highest BCUT2D eigenvalue weighted by Gasteiger charge is 2.21. The van der Waals surface area contributed by atoms with Crippen LogP contribution in [0.4, 0.5) is 5.69 Å². The Balaban J connectivity index is 1.58. The first-order chi connectivity index (χ1) is 12.0. The zero-order chi connectivity index (χ0) is 17.9. The number of ether oxygens (including phenoxy) is 1. The molecular formula is C18H21ClN2O3S. The van der Waals surface area contributed by atoms with E-state index in [0.717, 1.165) is 25.9 Å². The number of benzene rings is 2. The van der Waals surface area contributed by atoms with Crippen molar-refractivity contribution in [1.82, 2.24) is 4.72 Å². The average molecular weight is 381 g/mol. The molecule has 1 aliphatic heterocycles. The molecule has 0 aromatic heterocycles. The van der Waals surface area contributed by atoms with Gasteiger partial charge in [-0.25, -0.2) is 13.1 Å². The fourth-order valence-corrected chi connectivity index (χ4v) is 4.56. The van der Waals surface area contributed by atoms with Crippen LogP contribution in [0.1, 0.15) is 12.0 Å². The molecule has 0 spiro atoms. The number of fused-ring (bicyclic) bond motifs is 1. The van der Waals surface area contributed by atoms with E-state index in [2.05, 4.69) is 27.8 Å². The molecule has 0 bridgehead atoms. The van der Waals surface area contributed by atoms with Gasteiger partial charge in [0.1, 0.15) is 10.6 Å². The molecule has 1 aliphatic rings. The van der Waals surface area contributed by atoms with Crippen LogP contribution in [0.5, 0.6) is 5.75 Å². The van der Waals surface area contributed by atoms with Crippen LogP contribution >= 0.6 is 11.6 Å². The van der Waals surface area contributed by atoms with E-state index in [-0.39, 0.29) is 10.6 Å². The summed E-state index contributed by atoms with van der Waals surface area (Å²) in [6.45, 7) is 2.15. The average Bonchev–Trinajstić information content (AvgIpc) is 3.02. The van der Waals surface area contributed by atoms with Gasteiger partial charge in [0.05, 0.1) is 7.11 Å². The SMILES string of the molecule is COc1ccc(Cl)cc1S(=O)(=O)NCCCN1CCc2ccccc21. The van der Waals surface area contributed by atoms with Gasteiger partial charge in [-0.05, 0) is 42.7 Å². The van der Waals surface area contributed by atoms with Gasteiger partial charge < -0.3 is 9.64 Å².